The van der Waals surface area contributed by atoms with Gasteiger partial charge in [0.2, 0.25) is 0 Å². The van der Waals surface area contributed by atoms with Crippen LogP contribution in [0.3, 0.4) is 0 Å². The fraction of sp³-hybridized carbons (Fsp3) is 0.167. The summed E-state index contributed by atoms with van der Waals surface area (Å²) in [7, 11) is -3.25. The number of nitrogens with one attached hydrogen (secondary N) is 1. The summed E-state index contributed by atoms with van der Waals surface area (Å²) >= 11 is -1.47. The molecule has 152 valence electrons. The van der Waals surface area contributed by atoms with Crippen LogP contribution in [-0.4, -0.2) is 23.2 Å². The minimum absolute atomic E-state index is 0.0619. The molecule has 6 nitrogen and oxygen atoms in total. The van der Waals surface area contributed by atoms with Crippen LogP contribution in [0.25, 0.3) is 27.7 Å². The average Bonchev–Trinajstić information content (AvgIpc) is 3.32. The molecule has 29 heavy (non-hydrogen) atoms. The second-order valence-corrected chi connectivity index (χ2v) is 14.7. The van der Waals surface area contributed by atoms with Crippen molar-refractivity contribution in [1.82, 2.24) is 9.55 Å². The minimum atomic E-state index is -3.25. The molecule has 0 atom stereocenters. The number of fused-ring (bicyclic) bond motifs is 3. The molecule has 11 heteroatoms. The van der Waals surface area contributed by atoms with Gasteiger partial charge in [-0.25, -0.2) is 0 Å². The van der Waals surface area contributed by atoms with E-state index < -0.39 is 55.5 Å². The van der Waals surface area contributed by atoms with Crippen LogP contribution < -0.4 is 25.5 Å². The van der Waals surface area contributed by atoms with Crippen LogP contribution in [0.5, 0.6) is 0 Å². The van der Waals surface area contributed by atoms with Gasteiger partial charge in [0.1, 0.15) is 0 Å². The van der Waals surface area contributed by atoms with Crippen LogP contribution in [0.2, 0.25) is 0 Å². The van der Waals surface area contributed by atoms with Crippen LogP contribution >= 0.6 is 0 Å². The number of rotatable bonds is 4. The molecule has 2 aromatic carbocycles. The van der Waals surface area contributed by atoms with E-state index in [0.717, 1.165) is 12.3 Å². The number of imidazole rings is 1. The van der Waals surface area contributed by atoms with Gasteiger partial charge in [0.25, 0.3) is 0 Å². The number of nitrogens with zero attached hydrogens (tertiary/aromatic N) is 1. The summed E-state index contributed by atoms with van der Waals surface area (Å²) in [4.78, 5) is 14.8. The zero-order chi connectivity index (χ0) is 20.5. The number of furan rings is 1. The number of aromatic amines is 1. The van der Waals surface area contributed by atoms with Gasteiger partial charge in [-0.2, -0.15) is 0 Å². The van der Waals surface area contributed by atoms with Crippen molar-refractivity contribution in [3.05, 3.63) is 62.0 Å². The van der Waals surface area contributed by atoms with E-state index in [1.807, 2.05) is 0 Å². The van der Waals surface area contributed by atoms with Crippen LogP contribution in [0.1, 0.15) is 12.8 Å². The Kier molecular flexibility index (Phi) is 4.11. The van der Waals surface area contributed by atoms with E-state index in [1.165, 1.54) is 18.2 Å². The molecule has 1 N–H and O–H groups in total. The first-order valence-electron chi connectivity index (χ1n) is 8.47. The maximum atomic E-state index is 14.8. The van der Waals surface area contributed by atoms with Crippen LogP contribution in [0, 0.1) is 21.0 Å². The number of benzene rings is 2. The Hall–Kier alpha value is -2.28. The molecular formula is C18H11F3IN2O4S-. The molecule has 0 radical (unpaired) electrons. The molecule has 1 saturated carbocycles. The van der Waals surface area contributed by atoms with Gasteiger partial charge in [-0.3, -0.25) is 0 Å². The molecule has 1 fully saturated rings. The third-order valence-electron chi connectivity index (χ3n) is 4.69. The molecule has 0 amide bonds. The zero-order valence-corrected chi connectivity index (χ0v) is 17.4. The molecule has 0 unspecified atom stereocenters. The number of H-pyrrole nitrogens is 1. The topological polar surface area (TPSA) is 85.1 Å². The van der Waals surface area contributed by atoms with Gasteiger partial charge < -0.3 is 0 Å². The van der Waals surface area contributed by atoms with E-state index >= 15 is 0 Å². The molecule has 0 spiro atoms. The summed E-state index contributed by atoms with van der Waals surface area (Å²) in [6.07, 6.45) is 2.40. The third kappa shape index (κ3) is 2.89. The molecule has 2 heterocycles. The van der Waals surface area contributed by atoms with Gasteiger partial charge in [-0.05, 0) is 0 Å². The molecule has 1 aliphatic carbocycles. The van der Waals surface area contributed by atoms with E-state index in [1.54, 1.807) is 0 Å². The van der Waals surface area contributed by atoms with Crippen LogP contribution in [0.15, 0.2) is 39.7 Å². The number of hydrogen-bond acceptors (Lipinski definition) is 4. The molecule has 0 saturated heterocycles. The molecule has 0 bridgehead atoms. The van der Waals surface area contributed by atoms with Crippen molar-refractivity contribution in [3.8, 4) is 5.69 Å². The van der Waals surface area contributed by atoms with E-state index in [-0.39, 0.29) is 27.4 Å². The Bertz CT molecular complexity index is 1470. The fourth-order valence-electron chi connectivity index (χ4n) is 3.18. The summed E-state index contributed by atoms with van der Waals surface area (Å²) in [5, 5.41) is -0.490. The summed E-state index contributed by atoms with van der Waals surface area (Å²) in [6, 6.07) is 4.86. The Labute approximate surface area is 169 Å². The van der Waals surface area contributed by atoms with E-state index in [2.05, 4.69) is 4.98 Å². The molecule has 5 rings (SSSR count). The van der Waals surface area contributed by atoms with Crippen molar-refractivity contribution in [2.75, 3.05) is 0 Å². The van der Waals surface area contributed by atoms with Crippen molar-refractivity contribution in [2.24, 2.45) is 0 Å². The van der Waals surface area contributed by atoms with Crippen LogP contribution in [0.4, 0.5) is 13.2 Å². The second-order valence-electron chi connectivity index (χ2n) is 6.63. The van der Waals surface area contributed by atoms with Crippen molar-refractivity contribution < 1.29 is 45.8 Å². The predicted octanol–water partition coefficient (Wildman–Crippen LogP) is 0.233. The van der Waals surface area contributed by atoms with E-state index in [9.17, 15) is 26.4 Å². The summed E-state index contributed by atoms with van der Waals surface area (Å²) in [5.41, 5.74) is -1.84. The first-order valence-corrected chi connectivity index (χ1v) is 13.6. The van der Waals surface area contributed by atoms with E-state index in [4.69, 9.17) is 4.42 Å². The SMILES string of the molecule is O=c1[nH]c2c3occc3c(F)c(F)c2n1-c1ccc([I-]S(=O)(=O)C2CC2)cc1F. The Morgan fingerprint density at radius 3 is 2.59 bits per heavy atom. The third-order valence-corrected chi connectivity index (χ3v) is 12.6. The van der Waals surface area contributed by atoms with Crippen molar-refractivity contribution in [2.45, 2.75) is 18.1 Å². The normalized spacial score (nSPS) is 15.0. The number of halogens is 4. The number of aromatic nitrogens is 2. The average molecular weight is 535 g/mol. The van der Waals surface area contributed by atoms with Crippen molar-refractivity contribution in [3.63, 3.8) is 0 Å². The van der Waals surface area contributed by atoms with E-state index in [0.29, 0.717) is 21.0 Å². The van der Waals surface area contributed by atoms with Gasteiger partial charge >= 0.3 is 170 Å². The van der Waals surface area contributed by atoms with Gasteiger partial charge in [0, 0.05) is 0 Å². The standard InChI is InChI=1S/C18H11F3IN2O4S/c19-11-7-8(22-29(26,27)9-2-3-9)1-4-12(11)24-16-14(21)13(20)10-5-6-28-17(10)15(16)23-18(24)25/h1,4-7,9H,2-3H2,(H,23,25)/q-1. The van der Waals surface area contributed by atoms with Gasteiger partial charge in [-0.1, -0.05) is 0 Å². The summed E-state index contributed by atoms with van der Waals surface area (Å²) in [6.45, 7) is 0. The molecule has 1 aliphatic rings. The Morgan fingerprint density at radius 2 is 1.90 bits per heavy atom. The monoisotopic (exact) mass is 535 g/mol. The first-order chi connectivity index (χ1) is 13.8. The molecule has 0 aliphatic heterocycles. The molecular weight excluding hydrogens is 524 g/mol. The quantitative estimate of drug-likeness (QED) is 0.300. The van der Waals surface area contributed by atoms with Crippen molar-refractivity contribution >= 4 is 29.0 Å². The maximum absolute atomic E-state index is 14.8. The molecule has 4 aromatic rings. The fourth-order valence-corrected chi connectivity index (χ4v) is 10.4. The summed E-state index contributed by atoms with van der Waals surface area (Å²) < 4.78 is 74.4. The second kappa shape index (κ2) is 6.36. The Morgan fingerprint density at radius 1 is 1.14 bits per heavy atom. The predicted molar refractivity (Wildman–Crippen MR) is 94.2 cm³/mol. The first kappa shape index (κ1) is 18.7. The number of hydrogen-bond donors (Lipinski definition) is 1. The van der Waals surface area contributed by atoms with Gasteiger partial charge in [0.15, 0.2) is 0 Å². The van der Waals surface area contributed by atoms with Crippen molar-refractivity contribution in [1.29, 1.82) is 0 Å². The summed E-state index contributed by atoms with van der Waals surface area (Å²) in [5.74, 6) is -3.44. The zero-order valence-electron chi connectivity index (χ0n) is 14.4. The molecule has 2 aromatic heterocycles. The van der Waals surface area contributed by atoms with Gasteiger partial charge in [-0.15, -0.1) is 0 Å². The van der Waals surface area contributed by atoms with Gasteiger partial charge in [0.05, 0.1) is 0 Å². The van der Waals surface area contributed by atoms with Crippen LogP contribution in [-0.2, 0) is 7.01 Å². The Balaban J connectivity index is 1.69.